The Bertz CT molecular complexity index is 2000. The number of rotatable bonds is 2. The lowest BCUT2D eigenvalue weighted by Gasteiger charge is -2.21. The number of hydrogen-bond acceptors (Lipinski definition) is 1. The monoisotopic (exact) mass is 491 g/mol. The minimum atomic E-state index is 0.0308. The lowest BCUT2D eigenvalue weighted by molar-refractivity contribution is 0.660. The van der Waals surface area contributed by atoms with Crippen molar-refractivity contribution in [3.05, 3.63) is 126 Å². The minimum Gasteiger partial charge on any atom is -0.301 e. The van der Waals surface area contributed by atoms with E-state index in [-0.39, 0.29) is 5.41 Å². The molecule has 1 aliphatic rings. The normalized spacial score (nSPS) is 13.9. The molecule has 176 valence electrons. The van der Waals surface area contributed by atoms with Gasteiger partial charge in [0.2, 0.25) is 0 Å². The van der Waals surface area contributed by atoms with Gasteiger partial charge >= 0.3 is 0 Å². The molecule has 0 fully saturated rings. The van der Waals surface area contributed by atoms with Crippen molar-refractivity contribution in [3.8, 4) is 27.9 Å². The smallest absolute Gasteiger partial charge is 0.109 e. The first-order valence-electron chi connectivity index (χ1n) is 12.9. The van der Waals surface area contributed by atoms with Gasteiger partial charge in [-0.15, -0.1) is 11.3 Å². The topological polar surface area (TPSA) is 4.93 Å². The number of aromatic nitrogens is 1. The van der Waals surface area contributed by atoms with Crippen LogP contribution < -0.4 is 0 Å². The molecule has 0 saturated carbocycles. The zero-order valence-electron chi connectivity index (χ0n) is 20.8. The molecule has 0 spiro atoms. The van der Waals surface area contributed by atoms with Gasteiger partial charge in [0.25, 0.3) is 0 Å². The number of hydrogen-bond donors (Lipinski definition) is 0. The van der Waals surface area contributed by atoms with Gasteiger partial charge in [0.1, 0.15) is 4.83 Å². The third-order valence-corrected chi connectivity index (χ3v) is 9.37. The highest BCUT2D eigenvalue weighted by Crippen LogP contribution is 2.50. The Hall–Kier alpha value is -4.14. The summed E-state index contributed by atoms with van der Waals surface area (Å²) < 4.78 is 3.77. The second kappa shape index (κ2) is 7.44. The molecule has 0 unspecified atom stereocenters. The van der Waals surface area contributed by atoms with Crippen molar-refractivity contribution in [3.63, 3.8) is 0 Å². The Morgan fingerprint density at radius 2 is 1.30 bits per heavy atom. The van der Waals surface area contributed by atoms with Crippen LogP contribution >= 0.6 is 11.3 Å². The highest BCUT2D eigenvalue weighted by atomic mass is 32.1. The number of nitrogens with zero attached hydrogens (tertiary/aromatic N) is 1. The number of benzene rings is 5. The summed E-state index contributed by atoms with van der Waals surface area (Å²) in [5, 5.41) is 4.01. The summed E-state index contributed by atoms with van der Waals surface area (Å²) in [6, 6.07) is 42.5. The van der Waals surface area contributed by atoms with Crippen LogP contribution in [0.2, 0.25) is 0 Å². The van der Waals surface area contributed by atoms with Crippen molar-refractivity contribution in [2.75, 3.05) is 0 Å². The first-order valence-corrected chi connectivity index (χ1v) is 13.7. The van der Waals surface area contributed by atoms with Crippen LogP contribution in [0.25, 0.3) is 59.1 Å². The van der Waals surface area contributed by atoms with E-state index in [9.17, 15) is 0 Å². The lowest BCUT2D eigenvalue weighted by Crippen LogP contribution is -2.14. The average molecular weight is 492 g/mol. The van der Waals surface area contributed by atoms with E-state index in [2.05, 4.69) is 134 Å². The summed E-state index contributed by atoms with van der Waals surface area (Å²) in [6.07, 6.45) is 0. The van der Waals surface area contributed by atoms with Crippen molar-refractivity contribution >= 4 is 42.5 Å². The first-order chi connectivity index (χ1) is 18.1. The molecule has 2 heterocycles. The molecule has 5 aromatic carbocycles. The minimum absolute atomic E-state index is 0.0308. The molecule has 7 aromatic rings. The van der Waals surface area contributed by atoms with Gasteiger partial charge in [-0.2, -0.15) is 0 Å². The molecule has 0 atom stereocenters. The molecular weight excluding hydrogens is 466 g/mol. The van der Waals surface area contributed by atoms with Crippen molar-refractivity contribution in [1.29, 1.82) is 0 Å². The first kappa shape index (κ1) is 21.0. The van der Waals surface area contributed by atoms with Crippen LogP contribution in [0.15, 0.2) is 115 Å². The van der Waals surface area contributed by atoms with Crippen LogP contribution in [0.4, 0.5) is 0 Å². The molecular formula is C35H25NS. The van der Waals surface area contributed by atoms with Gasteiger partial charge in [0.15, 0.2) is 0 Å². The van der Waals surface area contributed by atoms with E-state index in [1.165, 1.54) is 70.3 Å². The van der Waals surface area contributed by atoms with Gasteiger partial charge in [-0.1, -0.05) is 92.7 Å². The second-order valence-corrected chi connectivity index (χ2v) is 11.6. The molecule has 1 aliphatic carbocycles. The van der Waals surface area contributed by atoms with Gasteiger partial charge in [-0.05, 0) is 69.8 Å². The lowest BCUT2D eigenvalue weighted by atomic mass is 9.82. The van der Waals surface area contributed by atoms with Crippen molar-refractivity contribution < 1.29 is 0 Å². The van der Waals surface area contributed by atoms with E-state index in [0.717, 1.165) is 0 Å². The summed E-state index contributed by atoms with van der Waals surface area (Å²) in [5.74, 6) is 0. The third kappa shape index (κ3) is 2.85. The molecule has 2 aromatic heterocycles. The van der Waals surface area contributed by atoms with Crippen molar-refractivity contribution in [2.45, 2.75) is 19.3 Å². The molecule has 0 amide bonds. The van der Waals surface area contributed by atoms with Crippen LogP contribution in [0, 0.1) is 0 Å². The van der Waals surface area contributed by atoms with Crippen LogP contribution in [0.1, 0.15) is 25.0 Å². The van der Waals surface area contributed by atoms with Gasteiger partial charge < -0.3 is 4.57 Å². The zero-order chi connectivity index (χ0) is 24.7. The second-order valence-electron chi connectivity index (χ2n) is 10.6. The maximum absolute atomic E-state index is 2.43. The average Bonchev–Trinajstić information content (AvgIpc) is 3.54. The molecule has 0 aliphatic heterocycles. The van der Waals surface area contributed by atoms with Gasteiger partial charge in [0, 0.05) is 32.0 Å². The summed E-state index contributed by atoms with van der Waals surface area (Å²) in [7, 11) is 0. The van der Waals surface area contributed by atoms with E-state index < -0.39 is 0 Å². The van der Waals surface area contributed by atoms with E-state index in [4.69, 9.17) is 0 Å². The Morgan fingerprint density at radius 3 is 2.19 bits per heavy atom. The summed E-state index contributed by atoms with van der Waals surface area (Å²) in [6.45, 7) is 4.68. The zero-order valence-corrected chi connectivity index (χ0v) is 21.6. The molecule has 0 saturated heterocycles. The standard InChI is InChI=1S/C35H25NS/c1-35(2)29-14-8-6-12-25(29)27-20-22(16-18-30(27)35)23-17-19-31-28(21-23)33-26-13-7-9-15-32(26)37-34(33)36(31)24-10-4-3-5-11-24/h3-21H,1-2H3. The fourth-order valence-corrected chi connectivity index (χ4v) is 7.66. The van der Waals surface area contributed by atoms with E-state index in [1.807, 2.05) is 11.3 Å². The molecule has 0 radical (unpaired) electrons. The van der Waals surface area contributed by atoms with Crippen LogP contribution in [-0.4, -0.2) is 4.57 Å². The highest BCUT2D eigenvalue weighted by Gasteiger charge is 2.35. The maximum atomic E-state index is 2.43. The van der Waals surface area contributed by atoms with Crippen molar-refractivity contribution in [1.82, 2.24) is 4.57 Å². The predicted octanol–water partition coefficient (Wildman–Crippen LogP) is 9.97. The Balaban J connectivity index is 1.40. The fourth-order valence-electron chi connectivity index (χ4n) is 6.40. The molecule has 0 bridgehead atoms. The van der Waals surface area contributed by atoms with Gasteiger partial charge in [0.05, 0.1) is 5.52 Å². The quantitative estimate of drug-likeness (QED) is 0.227. The summed E-state index contributed by atoms with van der Waals surface area (Å²) in [5.41, 5.74) is 10.6. The summed E-state index contributed by atoms with van der Waals surface area (Å²) >= 11 is 1.88. The SMILES string of the molecule is CC1(C)c2ccccc2-c2cc(-c3ccc4c(c3)c3c5ccccc5sc3n4-c3ccccc3)ccc21. The Morgan fingerprint density at radius 1 is 0.595 bits per heavy atom. The summed E-state index contributed by atoms with van der Waals surface area (Å²) in [4.78, 5) is 1.31. The molecule has 2 heteroatoms. The maximum Gasteiger partial charge on any atom is 0.109 e. The molecule has 0 N–H and O–H groups in total. The van der Waals surface area contributed by atoms with E-state index in [1.54, 1.807) is 0 Å². The van der Waals surface area contributed by atoms with Gasteiger partial charge in [-0.3, -0.25) is 0 Å². The number of para-hydroxylation sites is 1. The number of thiophene rings is 1. The molecule has 37 heavy (non-hydrogen) atoms. The van der Waals surface area contributed by atoms with Crippen molar-refractivity contribution in [2.24, 2.45) is 0 Å². The van der Waals surface area contributed by atoms with Crippen LogP contribution in [0.3, 0.4) is 0 Å². The van der Waals surface area contributed by atoms with Crippen LogP contribution in [0.5, 0.6) is 0 Å². The highest BCUT2D eigenvalue weighted by molar-refractivity contribution is 7.25. The Kier molecular flexibility index (Phi) is 4.22. The fraction of sp³-hybridized carbons (Fsp3) is 0.0857. The van der Waals surface area contributed by atoms with Crippen LogP contribution in [-0.2, 0) is 5.41 Å². The Labute approximate surface area is 220 Å². The molecule has 8 rings (SSSR count). The third-order valence-electron chi connectivity index (χ3n) is 8.22. The van der Waals surface area contributed by atoms with Gasteiger partial charge in [-0.25, -0.2) is 0 Å². The molecule has 1 nitrogen and oxygen atoms in total. The van der Waals surface area contributed by atoms with E-state index >= 15 is 0 Å². The largest absolute Gasteiger partial charge is 0.301 e. The number of fused-ring (bicyclic) bond motifs is 8. The predicted molar refractivity (Wildman–Crippen MR) is 159 cm³/mol. The van der Waals surface area contributed by atoms with E-state index in [0.29, 0.717) is 0 Å².